The van der Waals surface area contributed by atoms with Crippen LogP contribution >= 0.6 is 0 Å². The number of amidine groups is 1. The van der Waals surface area contributed by atoms with Crippen molar-refractivity contribution in [3.63, 3.8) is 0 Å². The van der Waals surface area contributed by atoms with Crippen LogP contribution in [-0.2, 0) is 0 Å². The highest BCUT2D eigenvalue weighted by molar-refractivity contribution is 5.95. The van der Waals surface area contributed by atoms with Crippen molar-refractivity contribution in [2.45, 2.75) is 0 Å². The lowest BCUT2D eigenvalue weighted by atomic mass is 10.2. The van der Waals surface area contributed by atoms with E-state index in [0.717, 1.165) is 10.9 Å². The number of oxime groups is 1. The highest BCUT2D eigenvalue weighted by Crippen LogP contribution is 2.24. The molecule has 0 unspecified atom stereocenters. The highest BCUT2D eigenvalue weighted by Gasteiger charge is 2.03. The Balaban J connectivity index is 1.84. The molecule has 0 amide bonds. The van der Waals surface area contributed by atoms with Gasteiger partial charge in [0.1, 0.15) is 17.2 Å². The average molecular weight is 280 g/mol. The molecule has 0 radical (unpaired) electrons. The number of fused-ring (bicyclic) bond motifs is 1. The number of nitrogens with two attached hydrogens (primary N) is 1. The lowest BCUT2D eigenvalue weighted by molar-refractivity contribution is 0.318. The zero-order valence-corrected chi connectivity index (χ0v) is 11.0. The molecule has 21 heavy (non-hydrogen) atoms. The molecule has 1 aromatic carbocycles. The van der Waals surface area contributed by atoms with Crippen LogP contribution in [0.3, 0.4) is 0 Å². The van der Waals surface area contributed by atoms with Crippen LogP contribution in [-0.4, -0.2) is 21.0 Å². The summed E-state index contributed by atoms with van der Waals surface area (Å²) in [6, 6.07) is 12.8. The van der Waals surface area contributed by atoms with E-state index >= 15 is 0 Å². The summed E-state index contributed by atoms with van der Waals surface area (Å²) in [7, 11) is 0. The Bertz CT molecular complexity index is 800. The maximum atomic E-state index is 8.58. The Morgan fingerprint density at radius 2 is 1.95 bits per heavy atom. The van der Waals surface area contributed by atoms with E-state index < -0.39 is 0 Å². The van der Waals surface area contributed by atoms with Crippen molar-refractivity contribution in [2.24, 2.45) is 10.9 Å². The van der Waals surface area contributed by atoms with Gasteiger partial charge in [0, 0.05) is 17.6 Å². The van der Waals surface area contributed by atoms with Crippen LogP contribution in [0.15, 0.2) is 60.0 Å². The van der Waals surface area contributed by atoms with Crippen molar-refractivity contribution in [3.05, 3.63) is 60.6 Å². The van der Waals surface area contributed by atoms with E-state index in [1.165, 1.54) is 6.20 Å². The summed E-state index contributed by atoms with van der Waals surface area (Å²) in [6.07, 6.45) is 3.25. The van der Waals surface area contributed by atoms with Crippen LogP contribution in [0.4, 0.5) is 0 Å². The van der Waals surface area contributed by atoms with Crippen LogP contribution in [0, 0.1) is 0 Å². The molecule has 0 spiro atoms. The Morgan fingerprint density at radius 1 is 1.10 bits per heavy atom. The van der Waals surface area contributed by atoms with E-state index in [-0.39, 0.29) is 5.84 Å². The van der Waals surface area contributed by atoms with Crippen LogP contribution in [0.25, 0.3) is 10.9 Å². The van der Waals surface area contributed by atoms with E-state index in [1.54, 1.807) is 18.3 Å². The number of rotatable bonds is 3. The standard InChI is InChI=1S/C15H12N4O2/c16-15(19-20)13-6-5-12(9-18-13)21-11-4-3-10-2-1-7-17-14(10)8-11/h1-9,20H,(H2,16,19). The zero-order valence-electron chi connectivity index (χ0n) is 11.0. The van der Waals surface area contributed by atoms with Crippen molar-refractivity contribution in [1.82, 2.24) is 9.97 Å². The molecule has 3 aromatic rings. The van der Waals surface area contributed by atoms with Crippen molar-refractivity contribution in [2.75, 3.05) is 0 Å². The SMILES string of the molecule is N/C(=N/O)c1ccc(Oc2ccc3cccnc3c2)cn1. The minimum atomic E-state index is -0.0449. The summed E-state index contributed by atoms with van der Waals surface area (Å²) in [5, 5.41) is 12.5. The molecule has 104 valence electrons. The van der Waals surface area contributed by atoms with Gasteiger partial charge >= 0.3 is 0 Å². The molecule has 2 heterocycles. The summed E-state index contributed by atoms with van der Waals surface area (Å²) >= 11 is 0. The smallest absolute Gasteiger partial charge is 0.188 e. The molecule has 0 bridgehead atoms. The van der Waals surface area contributed by atoms with Gasteiger partial charge in [-0.2, -0.15) is 0 Å². The molecular weight excluding hydrogens is 268 g/mol. The van der Waals surface area contributed by atoms with Gasteiger partial charge in [-0.15, -0.1) is 0 Å². The fraction of sp³-hybridized carbons (Fsp3) is 0. The number of ether oxygens (including phenoxy) is 1. The van der Waals surface area contributed by atoms with E-state index in [4.69, 9.17) is 15.7 Å². The number of hydrogen-bond donors (Lipinski definition) is 2. The molecule has 0 aliphatic heterocycles. The molecule has 0 aliphatic rings. The van der Waals surface area contributed by atoms with Gasteiger partial charge in [0.2, 0.25) is 0 Å². The van der Waals surface area contributed by atoms with Crippen molar-refractivity contribution >= 4 is 16.7 Å². The molecule has 2 aromatic heterocycles. The molecule has 3 rings (SSSR count). The largest absolute Gasteiger partial charge is 0.456 e. The first-order valence-electron chi connectivity index (χ1n) is 6.23. The molecule has 0 fully saturated rings. The van der Waals surface area contributed by atoms with Gasteiger partial charge in [0.25, 0.3) is 0 Å². The zero-order chi connectivity index (χ0) is 14.7. The monoisotopic (exact) mass is 280 g/mol. The van der Waals surface area contributed by atoms with Crippen molar-refractivity contribution < 1.29 is 9.94 Å². The fourth-order valence-corrected chi connectivity index (χ4v) is 1.89. The Labute approximate surface area is 120 Å². The summed E-state index contributed by atoms with van der Waals surface area (Å²) < 4.78 is 5.71. The van der Waals surface area contributed by atoms with Crippen molar-refractivity contribution in [3.8, 4) is 11.5 Å². The second kappa shape index (κ2) is 5.46. The number of nitrogens with zero attached hydrogens (tertiary/aromatic N) is 3. The summed E-state index contributed by atoms with van der Waals surface area (Å²) in [5.74, 6) is 1.18. The van der Waals surface area contributed by atoms with Gasteiger partial charge in [0.05, 0.1) is 11.7 Å². The third-order valence-corrected chi connectivity index (χ3v) is 2.92. The Morgan fingerprint density at radius 3 is 2.71 bits per heavy atom. The van der Waals surface area contributed by atoms with Crippen LogP contribution < -0.4 is 10.5 Å². The van der Waals surface area contributed by atoms with E-state index in [0.29, 0.717) is 17.2 Å². The number of aromatic nitrogens is 2. The normalized spacial score (nSPS) is 11.5. The minimum Gasteiger partial charge on any atom is -0.456 e. The van der Waals surface area contributed by atoms with Crippen LogP contribution in [0.1, 0.15) is 5.69 Å². The molecule has 0 saturated carbocycles. The second-order valence-corrected chi connectivity index (χ2v) is 4.32. The predicted octanol–water partition coefficient (Wildman–Crippen LogP) is 2.52. The van der Waals surface area contributed by atoms with E-state index in [2.05, 4.69) is 15.1 Å². The summed E-state index contributed by atoms with van der Waals surface area (Å²) in [5.41, 5.74) is 6.68. The molecule has 3 N–H and O–H groups in total. The first-order chi connectivity index (χ1) is 10.3. The summed E-state index contributed by atoms with van der Waals surface area (Å²) in [6.45, 7) is 0. The predicted molar refractivity (Wildman–Crippen MR) is 78.6 cm³/mol. The highest BCUT2D eigenvalue weighted by atomic mass is 16.5. The molecule has 0 saturated heterocycles. The first-order valence-corrected chi connectivity index (χ1v) is 6.23. The minimum absolute atomic E-state index is 0.0449. The molecule has 6 nitrogen and oxygen atoms in total. The molecule has 6 heteroatoms. The van der Waals surface area contributed by atoms with Crippen molar-refractivity contribution in [1.29, 1.82) is 0 Å². The lowest BCUT2D eigenvalue weighted by Gasteiger charge is -2.06. The molecule has 0 aliphatic carbocycles. The Hall–Kier alpha value is -3.15. The quantitative estimate of drug-likeness (QED) is 0.333. The first kappa shape index (κ1) is 12.9. The maximum absolute atomic E-state index is 8.58. The lowest BCUT2D eigenvalue weighted by Crippen LogP contribution is -2.14. The van der Waals surface area contributed by atoms with Gasteiger partial charge in [-0.1, -0.05) is 11.2 Å². The second-order valence-electron chi connectivity index (χ2n) is 4.32. The van der Waals surface area contributed by atoms with E-state index in [1.807, 2.05) is 30.3 Å². The van der Waals surface area contributed by atoms with E-state index in [9.17, 15) is 0 Å². The number of pyridine rings is 2. The fourth-order valence-electron chi connectivity index (χ4n) is 1.89. The van der Waals surface area contributed by atoms with Gasteiger partial charge in [0.15, 0.2) is 5.84 Å². The topological polar surface area (TPSA) is 93.6 Å². The molecular formula is C15H12N4O2. The maximum Gasteiger partial charge on any atom is 0.188 e. The van der Waals surface area contributed by atoms with Gasteiger partial charge in [-0.25, -0.2) is 4.98 Å². The van der Waals surface area contributed by atoms with Crippen LogP contribution in [0.2, 0.25) is 0 Å². The Kier molecular flexibility index (Phi) is 3.34. The third-order valence-electron chi connectivity index (χ3n) is 2.92. The molecule has 0 atom stereocenters. The van der Waals surface area contributed by atoms with Crippen LogP contribution in [0.5, 0.6) is 11.5 Å². The van der Waals surface area contributed by atoms with Gasteiger partial charge in [-0.3, -0.25) is 4.98 Å². The number of benzene rings is 1. The average Bonchev–Trinajstić information content (AvgIpc) is 2.55. The van der Waals surface area contributed by atoms with Gasteiger partial charge in [-0.05, 0) is 30.3 Å². The van der Waals surface area contributed by atoms with Gasteiger partial charge < -0.3 is 15.7 Å². The number of hydrogen-bond acceptors (Lipinski definition) is 5. The third kappa shape index (κ3) is 2.74. The summed E-state index contributed by atoms with van der Waals surface area (Å²) in [4.78, 5) is 8.33.